The van der Waals surface area contributed by atoms with Crippen molar-refractivity contribution in [1.82, 2.24) is 5.16 Å². The molecule has 0 saturated heterocycles. The maximum atomic E-state index is 5.37. The van der Waals surface area contributed by atoms with E-state index in [9.17, 15) is 0 Å². The van der Waals surface area contributed by atoms with Crippen molar-refractivity contribution in [1.29, 1.82) is 0 Å². The second-order valence-electron chi connectivity index (χ2n) is 4.78. The van der Waals surface area contributed by atoms with Crippen LogP contribution in [0.2, 0.25) is 0 Å². The van der Waals surface area contributed by atoms with Crippen LogP contribution < -0.4 is 5.32 Å². The second kappa shape index (κ2) is 5.61. The number of hydrogen-bond acceptors (Lipinski definition) is 3. The summed E-state index contributed by atoms with van der Waals surface area (Å²) in [5.41, 5.74) is 3.49. The Morgan fingerprint density at radius 2 is 1.75 bits per heavy atom. The van der Waals surface area contributed by atoms with E-state index in [4.69, 9.17) is 4.52 Å². The molecule has 0 aliphatic heterocycles. The second-order valence-corrected chi connectivity index (χ2v) is 4.78. The molecular weight excluding hydrogens is 248 g/mol. The lowest BCUT2D eigenvalue weighted by Crippen LogP contribution is -1.98. The van der Waals surface area contributed by atoms with Crippen LogP contribution >= 0.6 is 0 Å². The van der Waals surface area contributed by atoms with E-state index in [0.29, 0.717) is 0 Å². The molecule has 0 aliphatic rings. The Balaban J connectivity index is 1.69. The summed E-state index contributed by atoms with van der Waals surface area (Å²) < 4.78 is 5.37. The topological polar surface area (TPSA) is 38.1 Å². The van der Waals surface area contributed by atoms with Crippen LogP contribution in [0, 0.1) is 6.92 Å². The number of nitrogens with zero attached hydrogens (tertiary/aromatic N) is 1. The molecule has 0 radical (unpaired) electrons. The van der Waals surface area contributed by atoms with Crippen molar-refractivity contribution in [3.05, 3.63) is 71.8 Å². The maximum absolute atomic E-state index is 5.37. The fraction of sp³-hybridized carbons (Fsp3) is 0.118. The lowest BCUT2D eigenvalue weighted by atomic mass is 10.1. The third-order valence-electron chi connectivity index (χ3n) is 3.16. The van der Waals surface area contributed by atoms with Crippen molar-refractivity contribution < 1.29 is 4.52 Å². The average Bonchev–Trinajstić information content (AvgIpc) is 2.96. The highest BCUT2D eigenvalue weighted by atomic mass is 16.5. The van der Waals surface area contributed by atoms with E-state index in [2.05, 4.69) is 41.7 Å². The Morgan fingerprint density at radius 3 is 2.50 bits per heavy atom. The van der Waals surface area contributed by atoms with E-state index in [-0.39, 0.29) is 0 Å². The van der Waals surface area contributed by atoms with E-state index in [1.807, 2.05) is 36.4 Å². The molecule has 100 valence electrons. The molecule has 20 heavy (non-hydrogen) atoms. The summed E-state index contributed by atoms with van der Waals surface area (Å²) >= 11 is 0. The summed E-state index contributed by atoms with van der Waals surface area (Å²) in [7, 11) is 0. The van der Waals surface area contributed by atoms with Gasteiger partial charge in [0.05, 0.1) is 0 Å². The van der Waals surface area contributed by atoms with Crippen molar-refractivity contribution in [2.75, 3.05) is 5.32 Å². The molecule has 2 aromatic carbocycles. The molecule has 3 nitrogen and oxygen atoms in total. The molecule has 0 aliphatic carbocycles. The summed E-state index contributed by atoms with van der Waals surface area (Å²) in [4.78, 5) is 0. The molecule has 1 heterocycles. The third-order valence-corrected chi connectivity index (χ3v) is 3.16. The number of rotatable bonds is 4. The van der Waals surface area contributed by atoms with E-state index in [0.717, 1.165) is 23.7 Å². The molecule has 0 bridgehead atoms. The van der Waals surface area contributed by atoms with Gasteiger partial charge in [-0.3, -0.25) is 0 Å². The fourth-order valence-electron chi connectivity index (χ4n) is 2.00. The van der Waals surface area contributed by atoms with Crippen molar-refractivity contribution >= 4 is 5.82 Å². The number of nitrogens with one attached hydrogen (secondary N) is 1. The number of aryl methyl sites for hydroxylation is 1. The zero-order chi connectivity index (χ0) is 13.8. The summed E-state index contributed by atoms with van der Waals surface area (Å²) in [6.45, 7) is 2.80. The number of hydrogen-bond donors (Lipinski definition) is 1. The van der Waals surface area contributed by atoms with E-state index < -0.39 is 0 Å². The molecule has 3 rings (SSSR count). The first kappa shape index (κ1) is 12.5. The molecule has 3 aromatic rings. The Morgan fingerprint density at radius 1 is 1.00 bits per heavy atom. The average molecular weight is 264 g/mol. The van der Waals surface area contributed by atoms with Crippen molar-refractivity contribution in [2.24, 2.45) is 0 Å². The number of aromatic nitrogens is 1. The summed E-state index contributed by atoms with van der Waals surface area (Å²) in [5, 5.41) is 7.30. The van der Waals surface area contributed by atoms with Gasteiger partial charge >= 0.3 is 0 Å². The lowest BCUT2D eigenvalue weighted by molar-refractivity contribution is 0.435. The molecule has 0 unspecified atom stereocenters. The Labute approximate surface area is 118 Å². The fourth-order valence-corrected chi connectivity index (χ4v) is 2.00. The van der Waals surface area contributed by atoms with Crippen LogP contribution in [-0.4, -0.2) is 5.16 Å². The molecule has 0 atom stereocenters. The minimum Gasteiger partial charge on any atom is -0.363 e. The van der Waals surface area contributed by atoms with Gasteiger partial charge in [0.25, 0.3) is 0 Å². The number of benzene rings is 2. The SMILES string of the molecule is Cc1ccc(-c2cc(NCc3ccccc3)no2)cc1. The number of anilines is 1. The molecule has 1 aromatic heterocycles. The van der Waals surface area contributed by atoms with Crippen LogP contribution in [0.3, 0.4) is 0 Å². The van der Waals surface area contributed by atoms with Gasteiger partial charge in [-0.2, -0.15) is 0 Å². The first-order valence-electron chi connectivity index (χ1n) is 6.63. The van der Waals surface area contributed by atoms with Crippen LogP contribution in [0.15, 0.2) is 65.2 Å². The molecule has 3 heteroatoms. The zero-order valence-corrected chi connectivity index (χ0v) is 11.3. The van der Waals surface area contributed by atoms with Crippen molar-refractivity contribution in [3.63, 3.8) is 0 Å². The standard InChI is InChI=1S/C17H16N2O/c1-13-7-9-15(10-8-13)16-11-17(19-20-16)18-12-14-5-3-2-4-6-14/h2-11H,12H2,1H3,(H,18,19). The summed E-state index contributed by atoms with van der Waals surface area (Å²) in [5.74, 6) is 1.53. The predicted octanol–water partition coefficient (Wildman–Crippen LogP) is 4.26. The normalized spacial score (nSPS) is 10.4. The van der Waals surface area contributed by atoms with Gasteiger partial charge in [-0.05, 0) is 12.5 Å². The molecule has 0 fully saturated rings. The maximum Gasteiger partial charge on any atom is 0.170 e. The van der Waals surface area contributed by atoms with Gasteiger partial charge in [0, 0.05) is 18.2 Å². The van der Waals surface area contributed by atoms with Gasteiger partial charge in [-0.25, -0.2) is 0 Å². The first-order chi connectivity index (χ1) is 9.81. The van der Waals surface area contributed by atoms with Crippen molar-refractivity contribution in [3.8, 4) is 11.3 Å². The van der Waals surface area contributed by atoms with Gasteiger partial charge in [0.15, 0.2) is 11.6 Å². The Hall–Kier alpha value is -2.55. The predicted molar refractivity (Wildman–Crippen MR) is 80.4 cm³/mol. The van der Waals surface area contributed by atoms with Crippen molar-refractivity contribution in [2.45, 2.75) is 13.5 Å². The molecule has 0 spiro atoms. The highest BCUT2D eigenvalue weighted by molar-refractivity contribution is 5.61. The van der Waals surface area contributed by atoms with Crippen LogP contribution in [0.4, 0.5) is 5.82 Å². The highest BCUT2D eigenvalue weighted by Crippen LogP contribution is 2.22. The monoisotopic (exact) mass is 264 g/mol. The minimum absolute atomic E-state index is 0.737. The third kappa shape index (κ3) is 2.88. The van der Waals surface area contributed by atoms with Crippen LogP contribution in [0.1, 0.15) is 11.1 Å². The molecule has 0 saturated carbocycles. The Bertz CT molecular complexity index is 672. The molecule has 1 N–H and O–H groups in total. The van der Waals surface area contributed by atoms with Crippen LogP contribution in [-0.2, 0) is 6.54 Å². The van der Waals surface area contributed by atoms with Gasteiger partial charge in [-0.1, -0.05) is 65.3 Å². The van der Waals surface area contributed by atoms with E-state index >= 15 is 0 Å². The van der Waals surface area contributed by atoms with E-state index in [1.54, 1.807) is 0 Å². The first-order valence-corrected chi connectivity index (χ1v) is 6.63. The summed E-state index contributed by atoms with van der Waals surface area (Å²) in [6, 6.07) is 20.3. The quantitative estimate of drug-likeness (QED) is 0.765. The van der Waals surface area contributed by atoms with Gasteiger partial charge < -0.3 is 9.84 Å². The van der Waals surface area contributed by atoms with E-state index in [1.165, 1.54) is 11.1 Å². The Kier molecular flexibility index (Phi) is 3.50. The van der Waals surface area contributed by atoms with Gasteiger partial charge in [0.1, 0.15) is 0 Å². The van der Waals surface area contributed by atoms with Gasteiger partial charge in [0.2, 0.25) is 0 Å². The molecular formula is C17H16N2O. The van der Waals surface area contributed by atoms with Gasteiger partial charge in [-0.15, -0.1) is 0 Å². The lowest BCUT2D eigenvalue weighted by Gasteiger charge is -2.01. The molecule has 0 amide bonds. The summed E-state index contributed by atoms with van der Waals surface area (Å²) in [6.07, 6.45) is 0. The zero-order valence-electron chi connectivity index (χ0n) is 11.3. The van der Waals surface area contributed by atoms with Crippen LogP contribution in [0.25, 0.3) is 11.3 Å². The largest absolute Gasteiger partial charge is 0.363 e. The van der Waals surface area contributed by atoms with Crippen LogP contribution in [0.5, 0.6) is 0 Å². The highest BCUT2D eigenvalue weighted by Gasteiger charge is 2.06. The minimum atomic E-state index is 0.737. The smallest absolute Gasteiger partial charge is 0.170 e.